The molecule has 0 aliphatic rings. The Morgan fingerprint density at radius 2 is 1.96 bits per heavy atom. The van der Waals surface area contributed by atoms with Crippen molar-refractivity contribution in [3.05, 3.63) is 70.8 Å². The summed E-state index contributed by atoms with van der Waals surface area (Å²) in [6.07, 6.45) is 2.72. The molecule has 2 amide bonds. The second-order valence-electron chi connectivity index (χ2n) is 5.26. The molecule has 0 radical (unpaired) electrons. The van der Waals surface area contributed by atoms with E-state index in [1.54, 1.807) is 6.07 Å². The molecule has 0 heterocycles. The van der Waals surface area contributed by atoms with Crippen molar-refractivity contribution in [2.75, 3.05) is 18.9 Å². The van der Waals surface area contributed by atoms with Gasteiger partial charge in [0.1, 0.15) is 11.6 Å². The van der Waals surface area contributed by atoms with Gasteiger partial charge in [0, 0.05) is 18.8 Å². The first-order valence-corrected chi connectivity index (χ1v) is 7.66. The lowest BCUT2D eigenvalue weighted by Crippen LogP contribution is -2.33. The molecule has 0 bridgehead atoms. The standard InChI is InChI=1S/C18H15ClF2N2O2/c1-23(11-17(24)22-14-4-2-3-13(20)10-14)18(25)8-6-12-5-7-16(21)15(19)9-12/h2-10H,11H2,1H3,(H,22,24)/b8-6+. The fourth-order valence-electron chi connectivity index (χ4n) is 1.97. The van der Waals surface area contributed by atoms with Crippen LogP contribution in [0.5, 0.6) is 0 Å². The summed E-state index contributed by atoms with van der Waals surface area (Å²) in [5.74, 6) is -1.89. The fraction of sp³-hybridized carbons (Fsp3) is 0.111. The molecule has 0 aromatic heterocycles. The number of nitrogens with zero attached hydrogens (tertiary/aromatic N) is 1. The molecule has 1 N–H and O–H groups in total. The average Bonchev–Trinajstić information content (AvgIpc) is 2.55. The zero-order valence-corrected chi connectivity index (χ0v) is 14.1. The molecule has 2 aromatic carbocycles. The van der Waals surface area contributed by atoms with Gasteiger partial charge >= 0.3 is 0 Å². The number of nitrogens with one attached hydrogen (secondary N) is 1. The molecule has 0 atom stereocenters. The van der Waals surface area contributed by atoms with Gasteiger partial charge in [-0.25, -0.2) is 8.78 Å². The van der Waals surface area contributed by atoms with Crippen LogP contribution in [0.4, 0.5) is 14.5 Å². The Balaban J connectivity index is 1.91. The van der Waals surface area contributed by atoms with Gasteiger partial charge in [-0.3, -0.25) is 9.59 Å². The van der Waals surface area contributed by atoms with E-state index < -0.39 is 23.4 Å². The minimum atomic E-state index is -0.545. The Hall–Kier alpha value is -2.73. The third kappa shape index (κ3) is 5.69. The van der Waals surface area contributed by atoms with Crippen molar-refractivity contribution < 1.29 is 18.4 Å². The first-order valence-electron chi connectivity index (χ1n) is 7.29. The first kappa shape index (κ1) is 18.6. The van der Waals surface area contributed by atoms with Crippen LogP contribution in [0.1, 0.15) is 5.56 Å². The number of rotatable bonds is 5. The predicted molar refractivity (Wildman–Crippen MR) is 93.1 cm³/mol. The summed E-state index contributed by atoms with van der Waals surface area (Å²) in [5.41, 5.74) is 0.861. The first-order chi connectivity index (χ1) is 11.8. The van der Waals surface area contributed by atoms with Crippen molar-refractivity contribution >= 4 is 35.2 Å². The summed E-state index contributed by atoms with van der Waals surface area (Å²) < 4.78 is 26.1. The van der Waals surface area contributed by atoms with E-state index >= 15 is 0 Å². The van der Waals surface area contributed by atoms with Gasteiger partial charge in [-0.1, -0.05) is 23.7 Å². The highest BCUT2D eigenvalue weighted by Gasteiger charge is 2.11. The number of hydrogen-bond acceptors (Lipinski definition) is 2. The number of anilines is 1. The van der Waals surface area contributed by atoms with E-state index in [-0.39, 0.29) is 11.6 Å². The van der Waals surface area contributed by atoms with E-state index in [0.717, 1.165) is 0 Å². The molecule has 0 fully saturated rings. The molecule has 0 aliphatic carbocycles. The highest BCUT2D eigenvalue weighted by Crippen LogP contribution is 2.17. The summed E-state index contributed by atoms with van der Waals surface area (Å²) in [6.45, 7) is -0.205. The lowest BCUT2D eigenvalue weighted by Gasteiger charge is -2.14. The Labute approximate surface area is 148 Å². The van der Waals surface area contributed by atoms with Gasteiger partial charge in [0.15, 0.2) is 0 Å². The third-order valence-corrected chi connectivity index (χ3v) is 3.52. The summed E-state index contributed by atoms with van der Waals surface area (Å²) in [7, 11) is 1.45. The fourth-order valence-corrected chi connectivity index (χ4v) is 2.16. The van der Waals surface area contributed by atoms with E-state index in [2.05, 4.69) is 5.32 Å². The maximum absolute atomic E-state index is 13.1. The van der Waals surface area contributed by atoms with Crippen LogP contribution in [0.3, 0.4) is 0 Å². The summed E-state index contributed by atoms with van der Waals surface area (Å²) in [4.78, 5) is 25.1. The van der Waals surface area contributed by atoms with E-state index in [9.17, 15) is 18.4 Å². The van der Waals surface area contributed by atoms with Gasteiger partial charge in [-0.15, -0.1) is 0 Å². The molecule has 25 heavy (non-hydrogen) atoms. The van der Waals surface area contributed by atoms with Crippen LogP contribution in [0, 0.1) is 11.6 Å². The number of benzene rings is 2. The van der Waals surface area contributed by atoms with Crippen LogP contribution >= 0.6 is 11.6 Å². The Kier molecular flexibility index (Phi) is 6.25. The number of amides is 2. The van der Waals surface area contributed by atoms with E-state index in [4.69, 9.17) is 11.6 Å². The highest BCUT2D eigenvalue weighted by molar-refractivity contribution is 6.30. The third-order valence-electron chi connectivity index (χ3n) is 3.23. The quantitative estimate of drug-likeness (QED) is 0.822. The Morgan fingerprint density at radius 3 is 2.64 bits per heavy atom. The number of hydrogen-bond donors (Lipinski definition) is 1. The molecule has 0 saturated carbocycles. The van der Waals surface area contributed by atoms with E-state index in [1.807, 2.05) is 0 Å². The highest BCUT2D eigenvalue weighted by atomic mass is 35.5. The monoisotopic (exact) mass is 364 g/mol. The van der Waals surface area contributed by atoms with Crippen molar-refractivity contribution in [1.82, 2.24) is 4.90 Å². The van der Waals surface area contributed by atoms with Crippen molar-refractivity contribution in [2.45, 2.75) is 0 Å². The van der Waals surface area contributed by atoms with Gasteiger partial charge in [-0.2, -0.15) is 0 Å². The maximum Gasteiger partial charge on any atom is 0.246 e. The minimum Gasteiger partial charge on any atom is -0.333 e. The molecule has 0 saturated heterocycles. The van der Waals surface area contributed by atoms with Gasteiger partial charge in [-0.05, 0) is 42.0 Å². The average molecular weight is 365 g/mol. The minimum absolute atomic E-state index is 0.0441. The lowest BCUT2D eigenvalue weighted by molar-refractivity contribution is -0.129. The van der Waals surface area contributed by atoms with E-state index in [0.29, 0.717) is 11.3 Å². The molecule has 0 aliphatic heterocycles. The van der Waals surface area contributed by atoms with Gasteiger partial charge in [0.05, 0.1) is 11.6 Å². The SMILES string of the molecule is CN(CC(=O)Nc1cccc(F)c1)C(=O)/C=C/c1ccc(F)c(Cl)c1. The lowest BCUT2D eigenvalue weighted by atomic mass is 10.2. The van der Waals surface area contributed by atoms with Crippen molar-refractivity contribution in [1.29, 1.82) is 0 Å². The van der Waals surface area contributed by atoms with Crippen LogP contribution < -0.4 is 5.32 Å². The number of likely N-dealkylation sites (N-methyl/N-ethyl adjacent to an activating group) is 1. The molecular formula is C18H15ClF2N2O2. The number of halogens is 3. The summed E-state index contributed by atoms with van der Waals surface area (Å²) in [6, 6.07) is 9.51. The molecule has 7 heteroatoms. The van der Waals surface area contributed by atoms with Crippen molar-refractivity contribution in [3.63, 3.8) is 0 Å². The normalized spacial score (nSPS) is 10.7. The number of carbonyl (C=O) groups is 2. The summed E-state index contributed by atoms with van der Waals surface area (Å²) in [5, 5.41) is 2.46. The molecule has 0 spiro atoms. The zero-order valence-electron chi connectivity index (χ0n) is 13.3. The molecule has 0 unspecified atom stereocenters. The molecule has 4 nitrogen and oxygen atoms in total. The van der Waals surface area contributed by atoms with Crippen LogP contribution in [-0.4, -0.2) is 30.3 Å². The van der Waals surface area contributed by atoms with E-state index in [1.165, 1.54) is 60.5 Å². The van der Waals surface area contributed by atoms with Gasteiger partial charge < -0.3 is 10.2 Å². The largest absolute Gasteiger partial charge is 0.333 e. The second kappa shape index (κ2) is 8.39. The van der Waals surface area contributed by atoms with Crippen LogP contribution in [0.2, 0.25) is 5.02 Å². The molecule has 2 aromatic rings. The Bertz CT molecular complexity index is 824. The predicted octanol–water partition coefficient (Wildman–Crippen LogP) is 3.73. The maximum atomic E-state index is 13.1. The zero-order chi connectivity index (χ0) is 18.4. The van der Waals surface area contributed by atoms with Crippen molar-refractivity contribution in [2.24, 2.45) is 0 Å². The number of carbonyl (C=O) groups excluding carboxylic acids is 2. The summed E-state index contributed by atoms with van der Waals surface area (Å²) >= 11 is 5.66. The molecular weight excluding hydrogens is 350 g/mol. The van der Waals surface area contributed by atoms with Crippen molar-refractivity contribution in [3.8, 4) is 0 Å². The molecule has 130 valence electrons. The van der Waals surface area contributed by atoms with Gasteiger partial charge in [0.2, 0.25) is 11.8 Å². The van der Waals surface area contributed by atoms with Crippen LogP contribution in [0.25, 0.3) is 6.08 Å². The van der Waals surface area contributed by atoms with Gasteiger partial charge in [0.25, 0.3) is 0 Å². The smallest absolute Gasteiger partial charge is 0.246 e. The Morgan fingerprint density at radius 1 is 1.20 bits per heavy atom. The van der Waals surface area contributed by atoms with Crippen LogP contribution in [-0.2, 0) is 9.59 Å². The second-order valence-corrected chi connectivity index (χ2v) is 5.67. The van der Waals surface area contributed by atoms with Crippen LogP contribution in [0.15, 0.2) is 48.5 Å². The molecule has 2 rings (SSSR count). The topological polar surface area (TPSA) is 49.4 Å².